The minimum atomic E-state index is -0.247. The molecular weight excluding hydrogens is 316 g/mol. The molecule has 0 N–H and O–H groups in total. The van der Waals surface area contributed by atoms with Gasteiger partial charge in [0, 0.05) is 16.5 Å². The molecule has 5 nitrogen and oxygen atoms in total. The van der Waals surface area contributed by atoms with E-state index in [1.54, 1.807) is 43.5 Å². The Kier molecular flexibility index (Phi) is 3.09. The molecule has 0 aliphatic carbocycles. The molecule has 0 fully saturated rings. The molecule has 0 saturated carbocycles. The third kappa shape index (κ3) is 2.26. The van der Waals surface area contributed by atoms with E-state index in [9.17, 15) is 4.79 Å². The number of nitrogens with zero attached hydrogens (tertiary/aromatic N) is 2. The molecule has 0 atom stereocenters. The van der Waals surface area contributed by atoms with Gasteiger partial charge in [-0.15, -0.1) is 5.10 Å². The number of ether oxygens (including phenoxy) is 1. The second-order valence-corrected chi connectivity index (χ2v) is 5.50. The summed E-state index contributed by atoms with van der Waals surface area (Å²) in [5, 5.41) is 5.61. The standard InChI is InChI=1S/C17H11ClN2O3/c1-22-13-6-5-10-7-14-16(23-15(10)9-13)19-20(17(14)21)12-4-2-3-11(18)8-12/h2-9H,1H3. The van der Waals surface area contributed by atoms with Crippen LogP contribution in [0, 0.1) is 0 Å². The largest absolute Gasteiger partial charge is 0.497 e. The quantitative estimate of drug-likeness (QED) is 0.563. The average Bonchev–Trinajstić information content (AvgIpc) is 2.88. The number of hydrogen-bond acceptors (Lipinski definition) is 4. The number of fused-ring (bicyclic) bond motifs is 2. The molecule has 2 aliphatic heterocycles. The summed E-state index contributed by atoms with van der Waals surface area (Å²) in [7, 11) is 1.59. The Balaban J connectivity index is 1.98. The van der Waals surface area contributed by atoms with Gasteiger partial charge in [0.2, 0.25) is 5.89 Å². The molecule has 2 aliphatic rings. The molecule has 0 spiro atoms. The smallest absolute Gasteiger partial charge is 0.284 e. The lowest BCUT2D eigenvalue weighted by molar-refractivity contribution is 0.414. The molecule has 0 saturated heterocycles. The van der Waals surface area contributed by atoms with Gasteiger partial charge >= 0.3 is 0 Å². The fraction of sp³-hybridized carbons (Fsp3) is 0.0588. The molecule has 0 bridgehead atoms. The topological polar surface area (TPSA) is 57.3 Å². The van der Waals surface area contributed by atoms with Crippen LogP contribution in [0.25, 0.3) is 28.1 Å². The Morgan fingerprint density at radius 2 is 2.04 bits per heavy atom. The average molecular weight is 327 g/mol. The van der Waals surface area contributed by atoms with Crippen LogP contribution in [0.15, 0.2) is 57.7 Å². The Morgan fingerprint density at radius 1 is 1.17 bits per heavy atom. The molecule has 2 heterocycles. The van der Waals surface area contributed by atoms with E-state index >= 15 is 0 Å². The van der Waals surface area contributed by atoms with Crippen molar-refractivity contribution in [1.82, 2.24) is 9.78 Å². The van der Waals surface area contributed by atoms with Crippen LogP contribution in [-0.2, 0) is 0 Å². The lowest BCUT2D eigenvalue weighted by Gasteiger charge is -2.03. The van der Waals surface area contributed by atoms with Crippen molar-refractivity contribution in [1.29, 1.82) is 0 Å². The first-order valence-electron chi connectivity index (χ1n) is 6.92. The van der Waals surface area contributed by atoms with Crippen LogP contribution >= 0.6 is 11.6 Å². The van der Waals surface area contributed by atoms with Crippen molar-refractivity contribution >= 4 is 22.6 Å². The molecule has 0 radical (unpaired) electrons. The van der Waals surface area contributed by atoms with Gasteiger partial charge in [0.15, 0.2) is 0 Å². The van der Waals surface area contributed by atoms with Crippen LogP contribution in [0.3, 0.4) is 0 Å². The number of rotatable bonds is 2. The van der Waals surface area contributed by atoms with Crippen molar-refractivity contribution in [2.24, 2.45) is 0 Å². The second kappa shape index (κ2) is 5.14. The second-order valence-electron chi connectivity index (χ2n) is 5.07. The van der Waals surface area contributed by atoms with Crippen LogP contribution in [-0.4, -0.2) is 16.9 Å². The maximum absolute atomic E-state index is 12.6. The Hall–Kier alpha value is -2.79. The molecule has 0 amide bonds. The van der Waals surface area contributed by atoms with E-state index in [-0.39, 0.29) is 11.4 Å². The monoisotopic (exact) mass is 326 g/mol. The first-order chi connectivity index (χ1) is 11.2. The minimum Gasteiger partial charge on any atom is -0.497 e. The van der Waals surface area contributed by atoms with Crippen molar-refractivity contribution in [2.75, 3.05) is 7.11 Å². The summed E-state index contributed by atoms with van der Waals surface area (Å²) in [6.07, 6.45) is 0. The molecule has 23 heavy (non-hydrogen) atoms. The van der Waals surface area contributed by atoms with Gasteiger partial charge in [0.1, 0.15) is 16.9 Å². The molecule has 2 aromatic rings. The third-order valence-corrected chi connectivity index (χ3v) is 3.86. The van der Waals surface area contributed by atoms with E-state index in [1.807, 2.05) is 12.1 Å². The fourth-order valence-corrected chi connectivity index (χ4v) is 2.67. The molecule has 0 aromatic heterocycles. The van der Waals surface area contributed by atoms with Crippen molar-refractivity contribution in [2.45, 2.75) is 0 Å². The number of halogens is 1. The summed E-state index contributed by atoms with van der Waals surface area (Å²) in [6.45, 7) is 0. The third-order valence-electron chi connectivity index (χ3n) is 3.62. The zero-order valence-corrected chi connectivity index (χ0v) is 12.9. The van der Waals surface area contributed by atoms with Crippen LogP contribution in [0.5, 0.6) is 5.75 Å². The van der Waals surface area contributed by atoms with E-state index in [2.05, 4.69) is 5.10 Å². The summed E-state index contributed by atoms with van der Waals surface area (Å²) >= 11 is 5.98. The Bertz CT molecular complexity index is 1050. The fourth-order valence-electron chi connectivity index (χ4n) is 2.49. The predicted molar refractivity (Wildman–Crippen MR) is 87.8 cm³/mol. The summed E-state index contributed by atoms with van der Waals surface area (Å²) < 4.78 is 12.2. The zero-order valence-electron chi connectivity index (χ0n) is 12.1. The van der Waals surface area contributed by atoms with Gasteiger partial charge in [-0.05, 0) is 36.4 Å². The van der Waals surface area contributed by atoms with E-state index in [1.165, 1.54) is 4.68 Å². The van der Waals surface area contributed by atoms with Crippen LogP contribution in [0.4, 0.5) is 0 Å². The summed E-state index contributed by atoms with van der Waals surface area (Å²) in [5.41, 5.74) is 1.37. The molecule has 114 valence electrons. The van der Waals surface area contributed by atoms with Crippen molar-refractivity contribution in [3.05, 3.63) is 63.9 Å². The SMILES string of the molecule is COc1ccc2cc3c(=O)n(-c4cccc(Cl)c4)nc-3oc2c1. The highest BCUT2D eigenvalue weighted by atomic mass is 35.5. The lowest BCUT2D eigenvalue weighted by Crippen LogP contribution is -2.14. The highest BCUT2D eigenvalue weighted by molar-refractivity contribution is 6.30. The Labute approximate surface area is 136 Å². The number of methoxy groups -OCH3 is 1. The van der Waals surface area contributed by atoms with Gasteiger partial charge in [0.05, 0.1) is 12.8 Å². The van der Waals surface area contributed by atoms with Gasteiger partial charge in [-0.3, -0.25) is 4.79 Å². The zero-order chi connectivity index (χ0) is 16.0. The lowest BCUT2D eigenvalue weighted by atomic mass is 10.2. The summed E-state index contributed by atoms with van der Waals surface area (Å²) in [5.74, 6) is 0.952. The van der Waals surface area contributed by atoms with Crippen molar-refractivity contribution in [3.63, 3.8) is 0 Å². The van der Waals surface area contributed by atoms with E-state index < -0.39 is 0 Å². The van der Waals surface area contributed by atoms with E-state index in [4.69, 9.17) is 20.8 Å². The van der Waals surface area contributed by atoms with Gasteiger partial charge in [-0.1, -0.05) is 17.7 Å². The van der Waals surface area contributed by atoms with Gasteiger partial charge in [-0.2, -0.15) is 4.68 Å². The maximum atomic E-state index is 12.6. The highest BCUT2D eigenvalue weighted by Crippen LogP contribution is 2.28. The van der Waals surface area contributed by atoms with Crippen LogP contribution in [0.2, 0.25) is 5.02 Å². The Morgan fingerprint density at radius 3 is 2.83 bits per heavy atom. The predicted octanol–water partition coefficient (Wildman–Crippen LogP) is 3.75. The van der Waals surface area contributed by atoms with Gasteiger partial charge in [0.25, 0.3) is 5.56 Å². The minimum absolute atomic E-state index is 0.247. The molecule has 6 heteroatoms. The normalized spacial score (nSPS) is 11.2. The highest BCUT2D eigenvalue weighted by Gasteiger charge is 2.19. The first kappa shape index (κ1) is 13.8. The maximum Gasteiger partial charge on any atom is 0.284 e. The first-order valence-corrected chi connectivity index (χ1v) is 7.30. The number of aromatic nitrogens is 2. The van der Waals surface area contributed by atoms with Crippen LogP contribution < -0.4 is 10.3 Å². The van der Waals surface area contributed by atoms with Gasteiger partial charge < -0.3 is 9.15 Å². The summed E-state index contributed by atoms with van der Waals surface area (Å²) in [6, 6.07) is 14.1. The van der Waals surface area contributed by atoms with Crippen LogP contribution in [0.1, 0.15) is 0 Å². The van der Waals surface area contributed by atoms with Crippen molar-refractivity contribution < 1.29 is 9.15 Å². The molecule has 0 unspecified atom stereocenters. The number of benzene rings is 2. The van der Waals surface area contributed by atoms with E-state index in [0.717, 1.165) is 5.39 Å². The molecular formula is C17H11ClN2O3. The van der Waals surface area contributed by atoms with E-state index in [0.29, 0.717) is 27.6 Å². The van der Waals surface area contributed by atoms with Gasteiger partial charge in [-0.25, -0.2) is 0 Å². The van der Waals surface area contributed by atoms with Crippen molar-refractivity contribution in [3.8, 4) is 22.9 Å². The molecule has 2 aromatic carbocycles. The number of hydrogen-bond donors (Lipinski definition) is 0. The summed E-state index contributed by atoms with van der Waals surface area (Å²) in [4.78, 5) is 12.6. The molecule has 4 rings (SSSR count).